The minimum Gasteiger partial charge on any atom is -0.478 e. The van der Waals surface area contributed by atoms with Crippen LogP contribution >= 0.6 is 0 Å². The lowest BCUT2D eigenvalue weighted by atomic mass is 9.97. The van der Waals surface area contributed by atoms with Crippen molar-refractivity contribution in [2.24, 2.45) is 0 Å². The van der Waals surface area contributed by atoms with Crippen LogP contribution in [-0.2, 0) is 17.8 Å². The van der Waals surface area contributed by atoms with Crippen LogP contribution in [0.25, 0.3) is 0 Å². The van der Waals surface area contributed by atoms with E-state index in [1.807, 2.05) is 17.9 Å². The van der Waals surface area contributed by atoms with Crippen LogP contribution in [0.2, 0.25) is 0 Å². The highest BCUT2D eigenvalue weighted by Gasteiger charge is 2.21. The topological polar surface area (TPSA) is 69.6 Å². The van der Waals surface area contributed by atoms with Crippen molar-refractivity contribution in [3.8, 4) is 0 Å². The molecule has 2 rings (SSSR count). The molecule has 0 saturated carbocycles. The van der Waals surface area contributed by atoms with Gasteiger partial charge < -0.3 is 15.3 Å². The van der Waals surface area contributed by atoms with E-state index in [0.717, 1.165) is 24.1 Å². The maximum absolute atomic E-state index is 12.1. The van der Waals surface area contributed by atoms with Crippen LogP contribution < -0.4 is 5.32 Å². The van der Waals surface area contributed by atoms with Crippen LogP contribution in [0.5, 0.6) is 0 Å². The molecule has 20 heavy (non-hydrogen) atoms. The van der Waals surface area contributed by atoms with Gasteiger partial charge in [-0.05, 0) is 36.2 Å². The van der Waals surface area contributed by atoms with E-state index in [-0.39, 0.29) is 11.5 Å². The van der Waals surface area contributed by atoms with Gasteiger partial charge in [0.05, 0.1) is 5.56 Å². The first kappa shape index (κ1) is 14.5. The average Bonchev–Trinajstić information content (AvgIpc) is 2.46. The summed E-state index contributed by atoms with van der Waals surface area (Å²) in [6.45, 7) is 4.78. The molecule has 1 heterocycles. The Balaban J connectivity index is 2.03. The fourth-order valence-corrected chi connectivity index (χ4v) is 2.43. The lowest BCUT2D eigenvalue weighted by Gasteiger charge is -2.29. The van der Waals surface area contributed by atoms with Gasteiger partial charge in [0.15, 0.2) is 0 Å². The molecular weight excluding hydrogens is 256 g/mol. The Labute approximate surface area is 118 Å². The predicted molar refractivity (Wildman–Crippen MR) is 75.7 cm³/mol. The molecule has 0 radical (unpaired) electrons. The van der Waals surface area contributed by atoms with Crippen molar-refractivity contribution in [3.05, 3.63) is 34.9 Å². The fraction of sp³-hybridized carbons (Fsp3) is 0.467. The second-order valence-electron chi connectivity index (χ2n) is 4.96. The first-order valence-electron chi connectivity index (χ1n) is 6.95. The van der Waals surface area contributed by atoms with E-state index < -0.39 is 5.97 Å². The molecule has 5 heteroatoms. The van der Waals surface area contributed by atoms with Crippen LogP contribution in [0.4, 0.5) is 0 Å². The molecule has 0 saturated heterocycles. The van der Waals surface area contributed by atoms with Gasteiger partial charge in [-0.1, -0.05) is 13.0 Å². The van der Waals surface area contributed by atoms with E-state index in [4.69, 9.17) is 5.11 Å². The highest BCUT2D eigenvalue weighted by atomic mass is 16.4. The van der Waals surface area contributed by atoms with Crippen molar-refractivity contribution in [2.45, 2.75) is 26.3 Å². The first-order valence-corrected chi connectivity index (χ1v) is 6.95. The first-order chi connectivity index (χ1) is 9.61. The van der Waals surface area contributed by atoms with E-state index in [0.29, 0.717) is 26.1 Å². The zero-order chi connectivity index (χ0) is 14.5. The molecule has 0 fully saturated rings. The Morgan fingerprint density at radius 3 is 2.85 bits per heavy atom. The van der Waals surface area contributed by atoms with Crippen LogP contribution in [0.3, 0.4) is 0 Å². The number of benzene rings is 1. The largest absolute Gasteiger partial charge is 0.478 e. The van der Waals surface area contributed by atoms with Crippen molar-refractivity contribution in [3.63, 3.8) is 0 Å². The van der Waals surface area contributed by atoms with Gasteiger partial charge in [-0.25, -0.2) is 4.79 Å². The molecule has 0 unspecified atom stereocenters. The number of rotatable bonds is 5. The average molecular weight is 276 g/mol. The van der Waals surface area contributed by atoms with Gasteiger partial charge in [0.1, 0.15) is 0 Å². The molecule has 0 aliphatic carbocycles. The summed E-state index contributed by atoms with van der Waals surface area (Å²) in [5.74, 6) is -0.805. The van der Waals surface area contributed by atoms with Crippen molar-refractivity contribution in [1.29, 1.82) is 0 Å². The number of amides is 1. The van der Waals surface area contributed by atoms with Crippen molar-refractivity contribution >= 4 is 11.9 Å². The van der Waals surface area contributed by atoms with Crippen molar-refractivity contribution < 1.29 is 14.7 Å². The third-order valence-corrected chi connectivity index (χ3v) is 3.58. The van der Waals surface area contributed by atoms with Gasteiger partial charge in [0.2, 0.25) is 5.91 Å². The van der Waals surface area contributed by atoms with E-state index in [9.17, 15) is 9.59 Å². The number of nitrogens with zero attached hydrogens (tertiary/aromatic N) is 1. The highest BCUT2D eigenvalue weighted by Crippen LogP contribution is 2.21. The monoisotopic (exact) mass is 276 g/mol. The Morgan fingerprint density at radius 1 is 1.35 bits per heavy atom. The Morgan fingerprint density at radius 2 is 2.15 bits per heavy atom. The van der Waals surface area contributed by atoms with Gasteiger partial charge >= 0.3 is 5.97 Å². The van der Waals surface area contributed by atoms with E-state index >= 15 is 0 Å². The van der Waals surface area contributed by atoms with E-state index in [1.165, 1.54) is 0 Å². The van der Waals surface area contributed by atoms with Crippen LogP contribution in [0.15, 0.2) is 18.2 Å². The summed E-state index contributed by atoms with van der Waals surface area (Å²) in [6.07, 6.45) is 1.28. The molecule has 1 aliphatic heterocycles. The van der Waals surface area contributed by atoms with E-state index in [2.05, 4.69) is 5.32 Å². The molecule has 5 nitrogen and oxygen atoms in total. The number of hydrogen-bond acceptors (Lipinski definition) is 3. The van der Waals surface area contributed by atoms with Crippen molar-refractivity contribution in [1.82, 2.24) is 10.2 Å². The second kappa shape index (κ2) is 6.52. The number of carbonyl (C=O) groups excluding carboxylic acids is 1. The number of aromatic carboxylic acids is 1. The lowest BCUT2D eigenvalue weighted by Crippen LogP contribution is -2.37. The number of carbonyl (C=O) groups is 2. The van der Waals surface area contributed by atoms with Crippen LogP contribution in [0.1, 0.15) is 34.8 Å². The van der Waals surface area contributed by atoms with Gasteiger partial charge in [-0.3, -0.25) is 4.79 Å². The quantitative estimate of drug-likeness (QED) is 0.795. The van der Waals surface area contributed by atoms with E-state index in [1.54, 1.807) is 12.1 Å². The molecule has 0 aromatic heterocycles. The Hall–Kier alpha value is -1.88. The summed E-state index contributed by atoms with van der Waals surface area (Å²) in [4.78, 5) is 24.9. The molecule has 0 bridgehead atoms. The summed E-state index contributed by atoms with van der Waals surface area (Å²) in [5.41, 5.74) is 2.38. The summed E-state index contributed by atoms with van der Waals surface area (Å²) in [7, 11) is 0. The Kier molecular flexibility index (Phi) is 4.74. The van der Waals surface area contributed by atoms with Gasteiger partial charge in [0.25, 0.3) is 0 Å². The van der Waals surface area contributed by atoms with Gasteiger partial charge in [0, 0.05) is 26.1 Å². The summed E-state index contributed by atoms with van der Waals surface area (Å²) in [5, 5.41) is 12.2. The maximum Gasteiger partial charge on any atom is 0.335 e. The zero-order valence-electron chi connectivity index (χ0n) is 11.7. The minimum absolute atomic E-state index is 0.123. The smallest absolute Gasteiger partial charge is 0.335 e. The molecule has 1 aliphatic rings. The molecule has 0 atom stereocenters. The van der Waals surface area contributed by atoms with Gasteiger partial charge in [-0.15, -0.1) is 0 Å². The third kappa shape index (κ3) is 3.36. The predicted octanol–water partition coefficient (Wildman–Crippen LogP) is 1.27. The lowest BCUT2D eigenvalue weighted by molar-refractivity contribution is -0.132. The van der Waals surface area contributed by atoms with Crippen LogP contribution in [-0.4, -0.2) is 41.5 Å². The standard InChI is InChI=1S/C15H20N2O3/c1-2-16-7-5-14(18)17-8-6-11-3-4-12(15(19)20)9-13(11)10-17/h3-4,9,16H,2,5-8,10H2,1H3,(H,19,20). The zero-order valence-corrected chi connectivity index (χ0v) is 11.7. The minimum atomic E-state index is -0.927. The maximum atomic E-state index is 12.1. The fourth-order valence-electron chi connectivity index (χ4n) is 2.43. The molecule has 108 valence electrons. The Bertz CT molecular complexity index is 514. The number of nitrogens with one attached hydrogen (secondary N) is 1. The molecule has 0 spiro atoms. The van der Waals surface area contributed by atoms with Gasteiger partial charge in [-0.2, -0.15) is 0 Å². The normalized spacial score (nSPS) is 13.9. The summed E-state index contributed by atoms with van der Waals surface area (Å²) in [6, 6.07) is 5.17. The SMILES string of the molecule is CCNCCC(=O)N1CCc2ccc(C(=O)O)cc2C1. The number of fused-ring (bicyclic) bond motifs is 1. The molecule has 1 amide bonds. The number of carboxylic acids is 1. The summed E-state index contributed by atoms with van der Waals surface area (Å²) >= 11 is 0. The number of hydrogen-bond donors (Lipinski definition) is 2. The molecule has 2 N–H and O–H groups in total. The number of carboxylic acid groups (broad SMARTS) is 1. The third-order valence-electron chi connectivity index (χ3n) is 3.58. The van der Waals surface area contributed by atoms with Crippen molar-refractivity contribution in [2.75, 3.05) is 19.6 Å². The molecule has 1 aromatic carbocycles. The summed E-state index contributed by atoms with van der Waals surface area (Å²) < 4.78 is 0. The van der Waals surface area contributed by atoms with Crippen LogP contribution in [0, 0.1) is 0 Å². The second-order valence-corrected chi connectivity index (χ2v) is 4.96. The molecular formula is C15H20N2O3. The highest BCUT2D eigenvalue weighted by molar-refractivity contribution is 5.88. The molecule has 1 aromatic rings.